The van der Waals surface area contributed by atoms with Gasteiger partial charge in [-0.1, -0.05) is 12.1 Å². The molecule has 49 heavy (non-hydrogen) atoms. The second-order valence-corrected chi connectivity index (χ2v) is 11.7. The molecule has 0 bridgehead atoms. The molecular formula is C34H28F3N7O5. The second kappa shape index (κ2) is 12.5. The van der Waals surface area contributed by atoms with Crippen LogP contribution >= 0.6 is 0 Å². The highest BCUT2D eigenvalue weighted by atomic mass is 19.3. The number of pyridine rings is 2. The van der Waals surface area contributed by atoms with E-state index in [1.54, 1.807) is 12.1 Å². The Bertz CT molecular complexity index is 2390. The minimum Gasteiger partial charge on any atom is -0.480 e. The van der Waals surface area contributed by atoms with Crippen LogP contribution < -0.4 is 16.6 Å². The maximum Gasteiger partial charge on any atom is 0.335 e. The summed E-state index contributed by atoms with van der Waals surface area (Å²) in [5.41, 5.74) is -0.197. The lowest BCUT2D eigenvalue weighted by atomic mass is 9.98. The highest BCUT2D eigenvalue weighted by Gasteiger charge is 2.27. The van der Waals surface area contributed by atoms with Gasteiger partial charge in [0.05, 0.1) is 40.4 Å². The standard InChI is InChI=1S/C34H28F3N7O5/c1-18-13-20(29-40-11-12-43(29)17-34(2,36)37)14-23(35)27(18)30(45)41-24(32(47)48)15-19-6-7-25(28-21(19)5-4-9-39-28)44-31(46)22-8-10-38-16-26(22)42(3)33(44)49/h4-14,16,24H,15,17H2,1-3H3,(H,41,45)(H,47,48)/t24-/m0/s1. The first-order chi connectivity index (χ1) is 23.2. The SMILES string of the molecule is Cc1cc(-c2nccn2CC(C)(F)F)cc(F)c1C(=O)N[C@@H](Cc1ccc(-n2c(=O)c3ccncc3n(C)c2=O)c2ncccc12)C(=O)O. The molecule has 0 fully saturated rings. The number of alkyl halides is 2. The quantitative estimate of drug-likeness (QED) is 0.234. The zero-order valence-electron chi connectivity index (χ0n) is 26.3. The molecule has 0 aliphatic rings. The van der Waals surface area contributed by atoms with E-state index in [1.165, 1.54) is 78.4 Å². The maximum absolute atomic E-state index is 15.4. The molecule has 4 heterocycles. The average molecular weight is 672 g/mol. The van der Waals surface area contributed by atoms with Gasteiger partial charge < -0.3 is 15.0 Å². The highest BCUT2D eigenvalue weighted by molar-refractivity contribution is 5.99. The monoisotopic (exact) mass is 671 g/mol. The van der Waals surface area contributed by atoms with Crippen molar-refractivity contribution in [3.63, 3.8) is 0 Å². The van der Waals surface area contributed by atoms with Gasteiger partial charge in [-0.05, 0) is 48.4 Å². The number of imidazole rings is 1. The third kappa shape index (κ3) is 6.17. The molecule has 15 heteroatoms. The van der Waals surface area contributed by atoms with Crippen molar-refractivity contribution < 1.29 is 27.9 Å². The minimum atomic E-state index is -3.06. The van der Waals surface area contributed by atoms with Gasteiger partial charge in [-0.15, -0.1) is 0 Å². The lowest BCUT2D eigenvalue weighted by Crippen LogP contribution is -2.43. The highest BCUT2D eigenvalue weighted by Crippen LogP contribution is 2.27. The van der Waals surface area contributed by atoms with Crippen LogP contribution in [0.1, 0.15) is 28.4 Å². The van der Waals surface area contributed by atoms with E-state index in [4.69, 9.17) is 0 Å². The zero-order valence-corrected chi connectivity index (χ0v) is 26.3. The topological polar surface area (TPSA) is 154 Å². The van der Waals surface area contributed by atoms with Crippen molar-refractivity contribution in [2.24, 2.45) is 7.05 Å². The third-order valence-corrected chi connectivity index (χ3v) is 8.12. The fraction of sp³-hybridized carbons (Fsp3) is 0.206. The molecule has 2 N–H and O–H groups in total. The van der Waals surface area contributed by atoms with E-state index in [2.05, 4.69) is 20.3 Å². The lowest BCUT2D eigenvalue weighted by molar-refractivity contribution is -0.139. The molecule has 0 saturated heterocycles. The summed E-state index contributed by atoms with van der Waals surface area (Å²) in [6.45, 7) is 1.49. The number of fused-ring (bicyclic) bond motifs is 2. The van der Waals surface area contributed by atoms with Crippen LogP contribution in [0, 0.1) is 12.7 Å². The van der Waals surface area contributed by atoms with Gasteiger partial charge in [-0.25, -0.2) is 32.3 Å². The van der Waals surface area contributed by atoms with Crippen molar-refractivity contribution in [2.45, 2.75) is 38.8 Å². The molecular weight excluding hydrogens is 643 g/mol. The van der Waals surface area contributed by atoms with E-state index < -0.39 is 53.0 Å². The van der Waals surface area contributed by atoms with Crippen molar-refractivity contribution in [1.82, 2.24) is 34.0 Å². The number of nitrogens with one attached hydrogen (secondary N) is 1. The van der Waals surface area contributed by atoms with E-state index >= 15 is 4.39 Å². The Morgan fingerprint density at radius 3 is 2.53 bits per heavy atom. The number of amides is 1. The van der Waals surface area contributed by atoms with Gasteiger partial charge in [-0.3, -0.25) is 24.1 Å². The summed E-state index contributed by atoms with van der Waals surface area (Å²) in [5, 5.41) is 13.1. The molecule has 12 nitrogen and oxygen atoms in total. The Morgan fingerprint density at radius 1 is 1.04 bits per heavy atom. The first-order valence-electron chi connectivity index (χ1n) is 14.9. The van der Waals surface area contributed by atoms with Gasteiger partial charge in [0.25, 0.3) is 17.4 Å². The van der Waals surface area contributed by atoms with E-state index in [9.17, 15) is 33.1 Å². The molecule has 6 rings (SSSR count). The molecule has 1 atom stereocenters. The summed E-state index contributed by atoms with van der Waals surface area (Å²) >= 11 is 0. The normalized spacial score (nSPS) is 12.4. The van der Waals surface area contributed by atoms with Crippen LogP contribution in [0.15, 0.2) is 83.0 Å². The first kappa shape index (κ1) is 32.8. The molecule has 2 aromatic carbocycles. The van der Waals surface area contributed by atoms with Crippen LogP contribution in [-0.4, -0.2) is 57.6 Å². The summed E-state index contributed by atoms with van der Waals surface area (Å²) in [5.74, 6) is -6.38. The fourth-order valence-electron chi connectivity index (χ4n) is 5.89. The first-order valence-corrected chi connectivity index (χ1v) is 14.9. The number of nitrogens with zero attached hydrogens (tertiary/aromatic N) is 6. The van der Waals surface area contributed by atoms with Crippen LogP contribution in [0.2, 0.25) is 0 Å². The van der Waals surface area contributed by atoms with Gasteiger partial charge in [0, 0.05) is 56.1 Å². The van der Waals surface area contributed by atoms with Crippen LogP contribution in [0.4, 0.5) is 13.2 Å². The number of benzene rings is 2. The molecule has 0 spiro atoms. The minimum absolute atomic E-state index is 0.0728. The number of hydrogen-bond acceptors (Lipinski definition) is 7. The maximum atomic E-state index is 15.4. The molecule has 0 unspecified atom stereocenters. The number of carbonyl (C=O) groups excluding carboxylic acids is 1. The van der Waals surface area contributed by atoms with Crippen molar-refractivity contribution >= 4 is 33.7 Å². The Hall–Kier alpha value is -6.12. The molecule has 0 radical (unpaired) electrons. The number of carboxylic acid groups (broad SMARTS) is 1. The Kier molecular flexibility index (Phi) is 8.36. The van der Waals surface area contributed by atoms with Gasteiger partial charge in [0.15, 0.2) is 0 Å². The summed E-state index contributed by atoms with van der Waals surface area (Å²) in [7, 11) is 1.51. The van der Waals surface area contributed by atoms with Crippen LogP contribution in [0.25, 0.3) is 38.9 Å². The fourth-order valence-corrected chi connectivity index (χ4v) is 5.89. The molecule has 0 aliphatic carbocycles. The van der Waals surface area contributed by atoms with E-state index in [0.717, 1.165) is 17.6 Å². The third-order valence-electron chi connectivity index (χ3n) is 8.12. The number of hydrogen-bond donors (Lipinski definition) is 2. The average Bonchev–Trinajstić information content (AvgIpc) is 3.50. The Labute approximate surface area is 275 Å². The van der Waals surface area contributed by atoms with Gasteiger partial charge >= 0.3 is 11.7 Å². The smallest absolute Gasteiger partial charge is 0.335 e. The zero-order chi connectivity index (χ0) is 35.2. The predicted molar refractivity (Wildman–Crippen MR) is 173 cm³/mol. The van der Waals surface area contributed by atoms with Crippen LogP contribution in [0.3, 0.4) is 0 Å². The summed E-state index contributed by atoms with van der Waals surface area (Å²) < 4.78 is 46.2. The molecule has 0 aliphatic heterocycles. The number of rotatable bonds is 9. The summed E-state index contributed by atoms with van der Waals surface area (Å²) in [6.07, 6.45) is 6.68. The van der Waals surface area contributed by atoms with E-state index in [0.29, 0.717) is 16.5 Å². The number of carbonyl (C=O) groups is 2. The molecule has 4 aromatic heterocycles. The van der Waals surface area contributed by atoms with E-state index in [1.807, 2.05) is 0 Å². The van der Waals surface area contributed by atoms with Crippen molar-refractivity contribution in [3.8, 4) is 17.1 Å². The Morgan fingerprint density at radius 2 is 1.82 bits per heavy atom. The molecule has 1 amide bonds. The van der Waals surface area contributed by atoms with E-state index in [-0.39, 0.29) is 40.0 Å². The number of aryl methyl sites for hydroxylation is 2. The van der Waals surface area contributed by atoms with Gasteiger partial charge in [0.1, 0.15) is 17.7 Å². The van der Waals surface area contributed by atoms with Gasteiger partial charge in [-0.2, -0.15) is 0 Å². The molecule has 250 valence electrons. The van der Waals surface area contributed by atoms with Crippen molar-refractivity contribution in [2.75, 3.05) is 0 Å². The largest absolute Gasteiger partial charge is 0.480 e. The summed E-state index contributed by atoms with van der Waals surface area (Å²) in [6, 6.07) is 8.61. The van der Waals surface area contributed by atoms with Gasteiger partial charge in [0.2, 0.25) is 0 Å². The molecule has 6 aromatic rings. The summed E-state index contributed by atoms with van der Waals surface area (Å²) in [4.78, 5) is 65.0. The van der Waals surface area contributed by atoms with Crippen LogP contribution in [-0.2, 0) is 24.8 Å². The lowest BCUT2D eigenvalue weighted by Gasteiger charge is -2.19. The number of halogens is 3. The number of aliphatic carboxylic acids is 1. The van der Waals surface area contributed by atoms with Crippen molar-refractivity contribution in [3.05, 3.63) is 117 Å². The number of carboxylic acids is 1. The van der Waals surface area contributed by atoms with Crippen molar-refractivity contribution in [1.29, 1.82) is 0 Å². The Balaban J connectivity index is 1.33. The second-order valence-electron chi connectivity index (χ2n) is 11.7. The molecule has 0 saturated carbocycles. The predicted octanol–water partition coefficient (Wildman–Crippen LogP) is 4.02. The van der Waals surface area contributed by atoms with Crippen LogP contribution in [0.5, 0.6) is 0 Å². The number of aromatic nitrogens is 6.